The van der Waals surface area contributed by atoms with E-state index in [0.717, 1.165) is 0 Å². The van der Waals surface area contributed by atoms with Crippen LogP contribution in [0.5, 0.6) is 0 Å². The molecule has 0 amide bonds. The first-order valence-corrected chi connectivity index (χ1v) is 0.775. The van der Waals surface area contributed by atoms with E-state index in [2.05, 4.69) is 0 Å². The van der Waals surface area contributed by atoms with Crippen molar-refractivity contribution >= 4 is 93.9 Å². The van der Waals surface area contributed by atoms with E-state index in [9.17, 15) is 0 Å². The van der Waals surface area contributed by atoms with Crippen molar-refractivity contribution in [2.45, 2.75) is 0 Å². The average molecular weight is 243 g/mol. The first-order valence-electron chi connectivity index (χ1n) is 0.775. The Morgan fingerprint density at radius 2 is 1.17 bits per heavy atom. The Balaban J connectivity index is -0.00000000300. The summed E-state index contributed by atoms with van der Waals surface area (Å²) in [6, 6.07) is 0. The molecule has 0 aromatic rings. The van der Waals surface area contributed by atoms with Crippen LogP contribution in [-0.4, -0.2) is 109 Å². The third kappa shape index (κ3) is 29.3. The monoisotopic (exact) mass is 244 g/mol. The number of rotatable bonds is 0. The van der Waals surface area contributed by atoms with Gasteiger partial charge in [0, 0.05) is 0 Å². The Kier molecular flexibility index (Phi) is 28.4. The smallest absolute Gasteiger partial charge is 1.00 e. The van der Waals surface area contributed by atoms with E-state index < -0.39 is 7.32 Å². The van der Waals surface area contributed by atoms with Crippen molar-refractivity contribution in [1.82, 2.24) is 0 Å². The molecule has 0 bridgehead atoms. The molecule has 0 saturated heterocycles. The molecule has 0 aromatic carbocycles. The van der Waals surface area contributed by atoms with Gasteiger partial charge in [-0.15, -0.1) is 0 Å². The van der Waals surface area contributed by atoms with Crippen molar-refractivity contribution in [3.05, 3.63) is 0 Å². The minimum absolute atomic E-state index is 0. The molecule has 6 heteroatoms. The Bertz CT molecular complexity index is 25.2. The zero-order valence-corrected chi connectivity index (χ0v) is 9.98. The van der Waals surface area contributed by atoms with E-state index in [0.29, 0.717) is 0 Å². The van der Waals surface area contributed by atoms with Crippen molar-refractivity contribution < 1.29 is 20.8 Å². The first-order chi connectivity index (χ1) is 1.73. The topological polar surface area (TPSA) is 60.7 Å². The minimum atomic E-state index is -2.17. The molecule has 0 atom stereocenters. The van der Waals surface area contributed by atoms with Gasteiger partial charge in [0.2, 0.25) is 0 Å². The molecule has 0 aliphatic rings. The molecule has 0 unspecified atom stereocenters. The summed E-state index contributed by atoms with van der Waals surface area (Å²) in [6.07, 6.45) is 0. The Morgan fingerprint density at radius 1 is 1.17 bits per heavy atom. The Hall–Kier alpha value is 2.78. The summed E-state index contributed by atoms with van der Waals surface area (Å²) in [5.74, 6) is 0. The molecule has 0 aliphatic carbocycles. The summed E-state index contributed by atoms with van der Waals surface area (Å²) in [4.78, 5) is 0. The van der Waals surface area contributed by atoms with Crippen LogP contribution in [0.3, 0.4) is 0 Å². The maximum Gasteiger partial charge on any atom is 2.00 e. The molecule has 0 aliphatic heterocycles. The zero-order chi connectivity index (χ0) is 3.58. The van der Waals surface area contributed by atoms with Crippen molar-refractivity contribution in [2.75, 3.05) is 0 Å². The number of hydrogen-bond donors (Lipinski definition) is 3. The van der Waals surface area contributed by atoms with Gasteiger partial charge in [-0.05, 0) is 0 Å². The predicted octanol–water partition coefficient (Wildman–Crippen LogP) is -2.36. The summed E-state index contributed by atoms with van der Waals surface area (Å²) >= 11 is 0. The van der Waals surface area contributed by atoms with Crippen LogP contribution >= 0.6 is 0 Å². The van der Waals surface area contributed by atoms with Crippen LogP contribution < -0.4 is 0 Å². The second-order valence-electron chi connectivity index (χ2n) is 0.346. The normalized spacial score (nSPS) is 4.50. The van der Waals surface area contributed by atoms with Crippen LogP contribution in [0, 0.1) is 0 Å². The molecule has 3 nitrogen and oxygen atoms in total. The third-order valence-electron chi connectivity index (χ3n) is 0. The maximum absolute atomic E-state index is 7.17. The number of hydrogen-bond acceptors (Lipinski definition) is 3. The van der Waals surface area contributed by atoms with Crippen LogP contribution in [0.2, 0.25) is 0 Å². The summed E-state index contributed by atoms with van der Waals surface area (Å²) in [5.41, 5.74) is 0. The van der Waals surface area contributed by atoms with Crippen molar-refractivity contribution in [1.29, 1.82) is 0 Å². The largest absolute Gasteiger partial charge is 2.00 e. The fourth-order valence-electron chi connectivity index (χ4n) is 0. The summed E-state index contributed by atoms with van der Waals surface area (Å²) < 4.78 is 0. The summed E-state index contributed by atoms with van der Waals surface area (Å²) in [7, 11) is -2.17. The predicted molar refractivity (Wildman–Crippen MR) is 28.4 cm³/mol. The van der Waals surface area contributed by atoms with E-state index in [4.69, 9.17) is 15.1 Å². The standard InChI is InChI=1S/BH3O3.Ba.Ca.4H/c2-1(3)4;;;;;;/h2-4H;;;;;;/q;2*+2;4*-1. The molecule has 0 saturated carbocycles. The van der Waals surface area contributed by atoms with Gasteiger partial charge < -0.3 is 20.8 Å². The average Bonchev–Trinajstić information content (AvgIpc) is 0.811. The van der Waals surface area contributed by atoms with Gasteiger partial charge in [-0.3, -0.25) is 0 Å². The molecule has 0 rings (SSSR count). The van der Waals surface area contributed by atoms with E-state index in [-0.39, 0.29) is 92.3 Å². The van der Waals surface area contributed by atoms with Gasteiger partial charge in [-0.25, -0.2) is 0 Å². The summed E-state index contributed by atoms with van der Waals surface area (Å²) in [6.45, 7) is 0. The SMILES string of the molecule is OB(O)O.[Ba+2].[Ca+2].[H-].[H-].[H-].[H-]. The molecule has 32 valence electrons. The van der Waals surface area contributed by atoms with Crippen LogP contribution in [0.4, 0.5) is 0 Å². The van der Waals surface area contributed by atoms with Gasteiger partial charge in [0.1, 0.15) is 0 Å². The quantitative estimate of drug-likeness (QED) is 0.417. The fourth-order valence-corrected chi connectivity index (χ4v) is 0. The second-order valence-corrected chi connectivity index (χ2v) is 0.346. The Labute approximate surface area is 112 Å². The van der Waals surface area contributed by atoms with Crippen molar-refractivity contribution in [3.8, 4) is 0 Å². The van der Waals surface area contributed by atoms with E-state index in [1.54, 1.807) is 0 Å². The molecule has 6 heavy (non-hydrogen) atoms. The summed E-state index contributed by atoms with van der Waals surface area (Å²) in [5, 5.41) is 21.5. The first kappa shape index (κ1) is 15.9. The van der Waals surface area contributed by atoms with Gasteiger partial charge in [0.15, 0.2) is 0 Å². The van der Waals surface area contributed by atoms with Gasteiger partial charge in [0.05, 0.1) is 0 Å². The molecular formula is H7BBaCaO3. The van der Waals surface area contributed by atoms with Crippen molar-refractivity contribution in [3.63, 3.8) is 0 Å². The maximum atomic E-state index is 7.17. The van der Waals surface area contributed by atoms with Gasteiger partial charge >= 0.3 is 93.9 Å². The van der Waals surface area contributed by atoms with Gasteiger partial charge in [-0.1, -0.05) is 0 Å². The van der Waals surface area contributed by atoms with Crippen LogP contribution in [0.15, 0.2) is 0 Å². The third-order valence-corrected chi connectivity index (χ3v) is 0. The molecule has 0 heterocycles. The van der Waals surface area contributed by atoms with Crippen molar-refractivity contribution in [2.24, 2.45) is 0 Å². The molecule has 0 aromatic heterocycles. The van der Waals surface area contributed by atoms with E-state index >= 15 is 0 Å². The minimum Gasteiger partial charge on any atom is -1.00 e. The molecular weight excluding hydrogens is 236 g/mol. The fraction of sp³-hybridized carbons (Fsp3) is 0. The van der Waals surface area contributed by atoms with E-state index in [1.807, 2.05) is 0 Å². The molecule has 0 spiro atoms. The van der Waals surface area contributed by atoms with Gasteiger partial charge in [0.25, 0.3) is 0 Å². The van der Waals surface area contributed by atoms with E-state index in [1.165, 1.54) is 0 Å². The zero-order valence-electron chi connectivity index (χ0n) is 7.33. The molecule has 3 N–H and O–H groups in total. The Morgan fingerprint density at radius 3 is 1.17 bits per heavy atom. The second kappa shape index (κ2) is 10.7. The molecule has 0 radical (unpaired) electrons. The van der Waals surface area contributed by atoms with Crippen LogP contribution in [0.25, 0.3) is 0 Å². The van der Waals surface area contributed by atoms with Crippen LogP contribution in [0.1, 0.15) is 5.71 Å². The van der Waals surface area contributed by atoms with Gasteiger partial charge in [-0.2, -0.15) is 0 Å². The van der Waals surface area contributed by atoms with Crippen LogP contribution in [-0.2, 0) is 0 Å². The molecule has 0 fully saturated rings.